The lowest BCUT2D eigenvalue weighted by atomic mass is 10.1. The first-order valence-corrected chi connectivity index (χ1v) is 4.76. The number of ether oxygens (including phenoxy) is 1. The van der Waals surface area contributed by atoms with Gasteiger partial charge in [0.15, 0.2) is 6.61 Å². The van der Waals surface area contributed by atoms with Crippen molar-refractivity contribution in [2.45, 2.75) is 13.8 Å². The third-order valence-electron chi connectivity index (χ3n) is 1.95. The van der Waals surface area contributed by atoms with Crippen LogP contribution in [0.5, 0.6) is 5.88 Å². The van der Waals surface area contributed by atoms with Gasteiger partial charge in [-0.3, -0.25) is 0 Å². The molecular formula is C10H9ClN2O3. The molecule has 1 rings (SSSR count). The van der Waals surface area contributed by atoms with E-state index in [0.29, 0.717) is 16.3 Å². The standard InChI is InChI=1S/C10H9ClN2O3/c1-5-7(3-12)10(16-4-8(14)15)13-6(2)9(5)11/h4H2,1-2H3,(H,14,15). The molecule has 0 radical (unpaired) electrons. The third-order valence-corrected chi connectivity index (χ3v) is 2.51. The summed E-state index contributed by atoms with van der Waals surface area (Å²) in [4.78, 5) is 14.3. The highest BCUT2D eigenvalue weighted by Gasteiger charge is 2.15. The van der Waals surface area contributed by atoms with E-state index < -0.39 is 12.6 Å². The number of halogens is 1. The van der Waals surface area contributed by atoms with E-state index in [1.807, 2.05) is 6.07 Å². The van der Waals surface area contributed by atoms with Crippen LogP contribution in [0.2, 0.25) is 5.02 Å². The van der Waals surface area contributed by atoms with Crippen LogP contribution in [0.3, 0.4) is 0 Å². The molecule has 1 aromatic rings. The van der Waals surface area contributed by atoms with Gasteiger partial charge < -0.3 is 9.84 Å². The van der Waals surface area contributed by atoms with Crippen LogP contribution in [0.15, 0.2) is 0 Å². The minimum Gasteiger partial charge on any atom is -0.479 e. The lowest BCUT2D eigenvalue weighted by Crippen LogP contribution is -2.12. The lowest BCUT2D eigenvalue weighted by molar-refractivity contribution is -0.139. The second-order valence-electron chi connectivity index (χ2n) is 3.11. The molecule has 0 aliphatic rings. The van der Waals surface area contributed by atoms with Crippen molar-refractivity contribution in [3.8, 4) is 11.9 Å². The van der Waals surface area contributed by atoms with Gasteiger partial charge in [0, 0.05) is 0 Å². The normalized spacial score (nSPS) is 9.62. The fraction of sp³-hybridized carbons (Fsp3) is 0.300. The molecule has 1 N–H and O–H groups in total. The number of aromatic nitrogens is 1. The van der Waals surface area contributed by atoms with Crippen LogP contribution in [-0.4, -0.2) is 22.7 Å². The summed E-state index contributed by atoms with van der Waals surface area (Å²) >= 11 is 5.91. The summed E-state index contributed by atoms with van der Waals surface area (Å²) in [5.74, 6) is -1.12. The number of hydrogen-bond acceptors (Lipinski definition) is 4. The van der Waals surface area contributed by atoms with Crippen molar-refractivity contribution < 1.29 is 14.6 Å². The van der Waals surface area contributed by atoms with Crippen molar-refractivity contribution >= 4 is 17.6 Å². The summed E-state index contributed by atoms with van der Waals surface area (Å²) in [5.41, 5.74) is 1.20. The first-order valence-electron chi connectivity index (χ1n) is 4.38. The number of carboxylic acids is 1. The number of aryl methyl sites for hydroxylation is 1. The Labute approximate surface area is 97.2 Å². The molecule has 5 nitrogen and oxygen atoms in total. The van der Waals surface area contributed by atoms with E-state index in [1.54, 1.807) is 13.8 Å². The molecule has 16 heavy (non-hydrogen) atoms. The van der Waals surface area contributed by atoms with Gasteiger partial charge in [-0.1, -0.05) is 11.6 Å². The van der Waals surface area contributed by atoms with Gasteiger partial charge in [-0.15, -0.1) is 0 Å². The van der Waals surface area contributed by atoms with E-state index >= 15 is 0 Å². The van der Waals surface area contributed by atoms with Crippen molar-refractivity contribution in [1.82, 2.24) is 4.98 Å². The van der Waals surface area contributed by atoms with Gasteiger partial charge in [-0.05, 0) is 19.4 Å². The molecule has 0 spiro atoms. The molecule has 0 saturated carbocycles. The molecule has 1 heterocycles. The number of carbonyl (C=O) groups is 1. The largest absolute Gasteiger partial charge is 0.479 e. The molecular weight excluding hydrogens is 232 g/mol. The number of aliphatic carboxylic acids is 1. The van der Waals surface area contributed by atoms with E-state index in [1.165, 1.54) is 0 Å². The zero-order chi connectivity index (χ0) is 12.3. The van der Waals surface area contributed by atoms with Crippen molar-refractivity contribution in [3.05, 3.63) is 21.8 Å². The predicted molar refractivity (Wildman–Crippen MR) is 56.6 cm³/mol. The SMILES string of the molecule is Cc1nc(OCC(=O)O)c(C#N)c(C)c1Cl. The minimum absolute atomic E-state index is 0.00398. The maximum Gasteiger partial charge on any atom is 0.341 e. The Morgan fingerprint density at radius 3 is 2.75 bits per heavy atom. The van der Waals surface area contributed by atoms with E-state index in [2.05, 4.69) is 4.98 Å². The van der Waals surface area contributed by atoms with Crippen LogP contribution in [0, 0.1) is 25.2 Å². The van der Waals surface area contributed by atoms with Gasteiger partial charge in [0.05, 0.1) is 10.7 Å². The van der Waals surface area contributed by atoms with Crippen molar-refractivity contribution in [1.29, 1.82) is 5.26 Å². The Hall–Kier alpha value is -1.80. The van der Waals surface area contributed by atoms with Gasteiger partial charge in [0.1, 0.15) is 11.6 Å². The molecule has 0 saturated heterocycles. The van der Waals surface area contributed by atoms with Crippen LogP contribution < -0.4 is 4.74 Å². The number of nitrogens with zero attached hydrogens (tertiary/aromatic N) is 2. The summed E-state index contributed by atoms with van der Waals surface area (Å²) < 4.78 is 4.91. The Kier molecular flexibility index (Phi) is 3.69. The van der Waals surface area contributed by atoms with Gasteiger partial charge in [-0.2, -0.15) is 5.26 Å². The van der Waals surface area contributed by atoms with Crippen LogP contribution in [0.25, 0.3) is 0 Å². The van der Waals surface area contributed by atoms with Crippen molar-refractivity contribution in [3.63, 3.8) is 0 Å². The summed E-state index contributed by atoms with van der Waals surface area (Å²) in [5, 5.41) is 17.8. The maximum absolute atomic E-state index is 10.3. The quantitative estimate of drug-likeness (QED) is 0.869. The number of hydrogen-bond donors (Lipinski definition) is 1. The highest BCUT2D eigenvalue weighted by Crippen LogP contribution is 2.27. The van der Waals surface area contributed by atoms with Gasteiger partial charge in [0.2, 0.25) is 5.88 Å². The Bertz CT molecular complexity index is 480. The number of nitriles is 1. The molecule has 0 unspecified atom stereocenters. The smallest absolute Gasteiger partial charge is 0.341 e. The Balaban J connectivity index is 3.19. The predicted octanol–water partition coefficient (Wildman–Crippen LogP) is 1.69. The summed E-state index contributed by atoms with van der Waals surface area (Å²) in [6.45, 7) is 2.77. The molecule has 6 heteroatoms. The lowest BCUT2D eigenvalue weighted by Gasteiger charge is -2.09. The summed E-state index contributed by atoms with van der Waals surface area (Å²) in [6.07, 6.45) is 0. The first-order chi connectivity index (χ1) is 7.47. The Morgan fingerprint density at radius 2 is 2.25 bits per heavy atom. The van der Waals surface area contributed by atoms with Crippen LogP contribution >= 0.6 is 11.6 Å². The second kappa shape index (κ2) is 4.81. The van der Waals surface area contributed by atoms with Crippen molar-refractivity contribution in [2.75, 3.05) is 6.61 Å². The Morgan fingerprint density at radius 1 is 1.62 bits per heavy atom. The molecule has 0 fully saturated rings. The van der Waals surface area contributed by atoms with E-state index in [4.69, 9.17) is 26.7 Å². The van der Waals surface area contributed by atoms with E-state index in [9.17, 15) is 4.79 Å². The summed E-state index contributed by atoms with van der Waals surface area (Å²) in [7, 11) is 0. The number of rotatable bonds is 3. The molecule has 84 valence electrons. The van der Waals surface area contributed by atoms with Crippen LogP contribution in [-0.2, 0) is 4.79 Å². The van der Waals surface area contributed by atoms with E-state index in [0.717, 1.165) is 0 Å². The fourth-order valence-corrected chi connectivity index (χ4v) is 1.30. The second-order valence-corrected chi connectivity index (χ2v) is 3.49. The topological polar surface area (TPSA) is 83.2 Å². The molecule has 0 atom stereocenters. The molecule has 0 aromatic carbocycles. The van der Waals surface area contributed by atoms with E-state index in [-0.39, 0.29) is 11.4 Å². The highest BCUT2D eigenvalue weighted by molar-refractivity contribution is 6.32. The molecule has 1 aromatic heterocycles. The van der Waals surface area contributed by atoms with Crippen LogP contribution in [0.4, 0.5) is 0 Å². The number of carboxylic acid groups (broad SMARTS) is 1. The third kappa shape index (κ3) is 2.41. The minimum atomic E-state index is -1.13. The zero-order valence-electron chi connectivity index (χ0n) is 8.74. The average Bonchev–Trinajstić information content (AvgIpc) is 2.23. The summed E-state index contributed by atoms with van der Waals surface area (Å²) in [6, 6.07) is 1.89. The molecule has 0 bridgehead atoms. The highest BCUT2D eigenvalue weighted by atomic mass is 35.5. The number of pyridine rings is 1. The average molecular weight is 241 g/mol. The molecule has 0 amide bonds. The van der Waals surface area contributed by atoms with Crippen molar-refractivity contribution in [2.24, 2.45) is 0 Å². The maximum atomic E-state index is 10.3. The zero-order valence-corrected chi connectivity index (χ0v) is 9.50. The molecule has 0 aliphatic carbocycles. The molecule has 0 aliphatic heterocycles. The van der Waals surface area contributed by atoms with Gasteiger partial charge in [-0.25, -0.2) is 9.78 Å². The monoisotopic (exact) mass is 240 g/mol. The van der Waals surface area contributed by atoms with Crippen LogP contribution in [0.1, 0.15) is 16.8 Å². The van der Waals surface area contributed by atoms with Gasteiger partial charge in [0.25, 0.3) is 0 Å². The first kappa shape index (κ1) is 12.3. The fourth-order valence-electron chi connectivity index (χ4n) is 1.17. The van der Waals surface area contributed by atoms with Gasteiger partial charge >= 0.3 is 5.97 Å².